The van der Waals surface area contributed by atoms with Crippen molar-refractivity contribution in [2.75, 3.05) is 5.73 Å². The minimum Gasteiger partial charge on any atom is -0.383 e. The molecule has 3 N–H and O–H groups in total. The Hall–Kier alpha value is -2.70. The maximum absolute atomic E-state index is 6.06. The second kappa shape index (κ2) is 3.95. The number of H-pyrrole nitrogens is 1. The second-order valence-corrected chi connectivity index (χ2v) is 3.93. The van der Waals surface area contributed by atoms with Gasteiger partial charge < -0.3 is 5.73 Å². The highest BCUT2D eigenvalue weighted by molar-refractivity contribution is 5.69. The number of hydrogen-bond acceptors (Lipinski definition) is 5. The van der Waals surface area contributed by atoms with Gasteiger partial charge in [-0.2, -0.15) is 10.3 Å². The fourth-order valence-corrected chi connectivity index (χ4v) is 1.77. The minimum absolute atomic E-state index is 0.436. The van der Waals surface area contributed by atoms with Gasteiger partial charge in [-0.15, -0.1) is 10.2 Å². The molecule has 3 rings (SSSR count). The largest absolute Gasteiger partial charge is 0.383 e. The molecular weight excluding hydrogens is 230 g/mol. The molecule has 7 nitrogen and oxygen atoms in total. The lowest BCUT2D eigenvalue weighted by atomic mass is 10.2. The summed E-state index contributed by atoms with van der Waals surface area (Å²) in [7, 11) is 0. The standard InChI is InChI=1S/C11H11N7/c1-7-3-2-4-8(5-7)18-10(12)9(6-13-18)11-14-16-17-15-11/h2-6H,12H2,1H3,(H,14,15,16,17). The third-order valence-electron chi connectivity index (χ3n) is 2.64. The smallest absolute Gasteiger partial charge is 0.209 e. The SMILES string of the molecule is Cc1cccc(-n2ncc(-c3nn[nH]n3)c2N)c1. The van der Waals surface area contributed by atoms with Crippen molar-refractivity contribution in [3.8, 4) is 17.1 Å². The molecule has 2 aromatic heterocycles. The first kappa shape index (κ1) is 10.5. The Morgan fingerprint density at radius 2 is 2.22 bits per heavy atom. The number of tetrazole rings is 1. The fraction of sp³-hybridized carbons (Fsp3) is 0.0909. The van der Waals surface area contributed by atoms with Gasteiger partial charge in [-0.25, -0.2) is 4.68 Å². The highest BCUT2D eigenvalue weighted by Crippen LogP contribution is 2.24. The van der Waals surface area contributed by atoms with Gasteiger partial charge in [-0.05, 0) is 29.8 Å². The number of aromatic amines is 1. The predicted octanol–water partition coefficient (Wildman–Crippen LogP) is 0.943. The molecule has 18 heavy (non-hydrogen) atoms. The Labute approximate surface area is 103 Å². The summed E-state index contributed by atoms with van der Waals surface area (Å²) in [5, 5.41) is 17.9. The van der Waals surface area contributed by atoms with E-state index in [2.05, 4.69) is 25.7 Å². The lowest BCUT2D eigenvalue weighted by Gasteiger charge is -2.05. The number of rotatable bonds is 2. The summed E-state index contributed by atoms with van der Waals surface area (Å²) in [4.78, 5) is 0. The van der Waals surface area contributed by atoms with E-state index in [1.807, 2.05) is 31.2 Å². The van der Waals surface area contributed by atoms with Gasteiger partial charge in [-0.1, -0.05) is 12.1 Å². The first-order valence-corrected chi connectivity index (χ1v) is 5.40. The molecule has 0 fully saturated rings. The van der Waals surface area contributed by atoms with E-state index < -0.39 is 0 Å². The summed E-state index contributed by atoms with van der Waals surface area (Å²) in [5.74, 6) is 0.924. The van der Waals surface area contributed by atoms with E-state index in [-0.39, 0.29) is 0 Å². The molecule has 90 valence electrons. The van der Waals surface area contributed by atoms with Gasteiger partial charge in [0.1, 0.15) is 5.82 Å². The van der Waals surface area contributed by atoms with Crippen LogP contribution >= 0.6 is 0 Å². The zero-order valence-electron chi connectivity index (χ0n) is 9.70. The maximum atomic E-state index is 6.06. The highest BCUT2D eigenvalue weighted by Gasteiger charge is 2.14. The van der Waals surface area contributed by atoms with Crippen molar-refractivity contribution in [3.63, 3.8) is 0 Å². The Bertz CT molecular complexity index is 669. The molecule has 0 aliphatic carbocycles. The zero-order valence-corrected chi connectivity index (χ0v) is 9.70. The maximum Gasteiger partial charge on any atom is 0.209 e. The number of hydrogen-bond donors (Lipinski definition) is 2. The van der Waals surface area contributed by atoms with Crippen molar-refractivity contribution in [1.29, 1.82) is 0 Å². The van der Waals surface area contributed by atoms with Crippen LogP contribution in [0.3, 0.4) is 0 Å². The Kier molecular flexibility index (Phi) is 2.30. The van der Waals surface area contributed by atoms with Crippen LogP contribution in [0.5, 0.6) is 0 Å². The molecule has 0 unspecified atom stereocenters. The van der Waals surface area contributed by atoms with E-state index in [4.69, 9.17) is 5.73 Å². The van der Waals surface area contributed by atoms with Gasteiger partial charge in [0.25, 0.3) is 0 Å². The van der Waals surface area contributed by atoms with Crippen LogP contribution in [0.25, 0.3) is 17.1 Å². The van der Waals surface area contributed by atoms with Crippen LogP contribution in [0.15, 0.2) is 30.5 Å². The van der Waals surface area contributed by atoms with Gasteiger partial charge in [0, 0.05) is 0 Å². The lowest BCUT2D eigenvalue weighted by molar-refractivity contribution is 0.881. The van der Waals surface area contributed by atoms with Crippen LogP contribution in [0.4, 0.5) is 5.82 Å². The van der Waals surface area contributed by atoms with E-state index in [1.165, 1.54) is 0 Å². The molecule has 0 bridgehead atoms. The zero-order chi connectivity index (χ0) is 12.5. The Morgan fingerprint density at radius 3 is 2.94 bits per heavy atom. The summed E-state index contributed by atoms with van der Waals surface area (Å²) in [5.41, 5.74) is 8.76. The number of benzene rings is 1. The van der Waals surface area contributed by atoms with Gasteiger partial charge in [0.15, 0.2) is 0 Å². The van der Waals surface area contributed by atoms with Crippen LogP contribution in [-0.4, -0.2) is 30.4 Å². The van der Waals surface area contributed by atoms with E-state index in [1.54, 1.807) is 10.9 Å². The van der Waals surface area contributed by atoms with Gasteiger partial charge in [0.2, 0.25) is 5.82 Å². The topological polar surface area (TPSA) is 98.3 Å². The molecule has 3 aromatic rings. The summed E-state index contributed by atoms with van der Waals surface area (Å²) in [6, 6.07) is 7.92. The number of nitrogen functional groups attached to an aromatic ring is 1. The van der Waals surface area contributed by atoms with E-state index >= 15 is 0 Å². The van der Waals surface area contributed by atoms with Crippen LogP contribution in [-0.2, 0) is 0 Å². The quantitative estimate of drug-likeness (QED) is 0.695. The third kappa shape index (κ3) is 1.61. The molecule has 2 heterocycles. The molecular formula is C11H11N7. The van der Waals surface area contributed by atoms with Crippen molar-refractivity contribution >= 4 is 5.82 Å². The molecule has 0 spiro atoms. The average molecular weight is 241 g/mol. The number of anilines is 1. The van der Waals surface area contributed by atoms with Crippen LogP contribution in [0.2, 0.25) is 0 Å². The molecule has 0 amide bonds. The lowest BCUT2D eigenvalue weighted by Crippen LogP contribution is -2.02. The highest BCUT2D eigenvalue weighted by atomic mass is 15.5. The Balaban J connectivity index is 2.10. The molecule has 0 atom stereocenters. The second-order valence-electron chi connectivity index (χ2n) is 3.93. The number of nitrogens with two attached hydrogens (primary N) is 1. The van der Waals surface area contributed by atoms with Crippen molar-refractivity contribution in [1.82, 2.24) is 30.4 Å². The normalized spacial score (nSPS) is 10.7. The predicted molar refractivity (Wildman–Crippen MR) is 65.9 cm³/mol. The van der Waals surface area contributed by atoms with E-state index in [0.29, 0.717) is 17.2 Å². The van der Waals surface area contributed by atoms with Crippen LogP contribution in [0, 0.1) is 6.92 Å². The number of nitrogens with zero attached hydrogens (tertiary/aromatic N) is 5. The molecule has 0 radical (unpaired) electrons. The van der Waals surface area contributed by atoms with Gasteiger partial charge >= 0.3 is 0 Å². The summed E-state index contributed by atoms with van der Waals surface area (Å²) < 4.78 is 1.65. The molecule has 0 aliphatic heterocycles. The number of aromatic nitrogens is 6. The summed E-state index contributed by atoms with van der Waals surface area (Å²) in [6.07, 6.45) is 1.63. The first-order chi connectivity index (χ1) is 8.75. The number of nitrogens with one attached hydrogen (secondary N) is 1. The van der Waals surface area contributed by atoms with Crippen LogP contribution < -0.4 is 5.73 Å². The van der Waals surface area contributed by atoms with E-state index in [0.717, 1.165) is 11.3 Å². The fourth-order valence-electron chi connectivity index (χ4n) is 1.77. The van der Waals surface area contributed by atoms with Gasteiger partial charge in [0.05, 0.1) is 17.4 Å². The summed E-state index contributed by atoms with van der Waals surface area (Å²) >= 11 is 0. The first-order valence-electron chi connectivity index (χ1n) is 5.40. The molecule has 0 aliphatic rings. The van der Waals surface area contributed by atoms with E-state index in [9.17, 15) is 0 Å². The monoisotopic (exact) mass is 241 g/mol. The third-order valence-corrected chi connectivity index (χ3v) is 2.64. The van der Waals surface area contributed by atoms with Crippen molar-refractivity contribution < 1.29 is 0 Å². The molecule has 0 saturated heterocycles. The molecule has 1 aromatic carbocycles. The van der Waals surface area contributed by atoms with Gasteiger partial charge in [-0.3, -0.25) is 0 Å². The average Bonchev–Trinajstić information content (AvgIpc) is 2.97. The Morgan fingerprint density at radius 1 is 1.33 bits per heavy atom. The minimum atomic E-state index is 0.436. The van der Waals surface area contributed by atoms with Crippen molar-refractivity contribution in [3.05, 3.63) is 36.0 Å². The molecule has 7 heteroatoms. The molecule has 0 saturated carbocycles. The van der Waals surface area contributed by atoms with Crippen molar-refractivity contribution in [2.24, 2.45) is 0 Å². The summed E-state index contributed by atoms with van der Waals surface area (Å²) in [6.45, 7) is 2.02. The number of aryl methyl sites for hydroxylation is 1. The van der Waals surface area contributed by atoms with Crippen molar-refractivity contribution in [2.45, 2.75) is 6.92 Å². The van der Waals surface area contributed by atoms with Crippen LogP contribution in [0.1, 0.15) is 5.56 Å².